The van der Waals surface area contributed by atoms with Crippen LogP contribution in [-0.2, 0) is 0 Å². The van der Waals surface area contributed by atoms with Gasteiger partial charge in [0.05, 0.1) is 16.8 Å². The number of hydrogen-bond donors (Lipinski definition) is 1. The van der Waals surface area contributed by atoms with E-state index in [1.54, 1.807) is 54.6 Å². The zero-order chi connectivity index (χ0) is 22.5. The Morgan fingerprint density at radius 2 is 1.56 bits per heavy atom. The van der Waals surface area contributed by atoms with E-state index in [4.69, 9.17) is 27.9 Å². The smallest absolute Gasteiger partial charge is 0.345 e. The average Bonchev–Trinajstić information content (AvgIpc) is 2.80. The molecule has 0 aromatic heterocycles. The Labute approximate surface area is 194 Å². The van der Waals surface area contributed by atoms with Gasteiger partial charge in [-0.1, -0.05) is 65.7 Å². The van der Waals surface area contributed by atoms with Gasteiger partial charge in [0.1, 0.15) is 5.75 Å². The number of amides is 1. The van der Waals surface area contributed by atoms with Crippen LogP contribution in [0.3, 0.4) is 0 Å². The SMILES string of the molecule is O=C(N/N=C\c1c(OC(=O)c2ccccc2Cl)ccc2ccccc12)c1ccc(Cl)cc1. The average molecular weight is 463 g/mol. The summed E-state index contributed by atoms with van der Waals surface area (Å²) in [7, 11) is 0. The molecule has 4 aromatic rings. The van der Waals surface area contributed by atoms with Crippen LogP contribution < -0.4 is 10.2 Å². The number of nitrogens with zero attached hydrogens (tertiary/aromatic N) is 1. The molecule has 0 heterocycles. The molecule has 0 aliphatic rings. The number of rotatable bonds is 5. The molecule has 0 spiro atoms. The number of halogens is 2. The molecule has 5 nitrogen and oxygen atoms in total. The Morgan fingerprint density at radius 1 is 0.844 bits per heavy atom. The lowest BCUT2D eigenvalue weighted by Crippen LogP contribution is -2.17. The molecule has 0 bridgehead atoms. The first-order valence-electron chi connectivity index (χ1n) is 9.60. The van der Waals surface area contributed by atoms with Crippen LogP contribution in [0, 0.1) is 0 Å². The molecular weight excluding hydrogens is 447 g/mol. The van der Waals surface area contributed by atoms with Crippen LogP contribution in [0.15, 0.2) is 90.0 Å². The number of carbonyl (C=O) groups is 2. The summed E-state index contributed by atoms with van der Waals surface area (Å²) < 4.78 is 5.63. The fourth-order valence-corrected chi connectivity index (χ4v) is 3.44. The van der Waals surface area contributed by atoms with Crippen LogP contribution in [0.25, 0.3) is 10.8 Å². The molecule has 0 aliphatic carbocycles. The van der Waals surface area contributed by atoms with Crippen LogP contribution >= 0.6 is 23.2 Å². The van der Waals surface area contributed by atoms with Crippen molar-refractivity contribution in [2.24, 2.45) is 5.10 Å². The first kappa shape index (κ1) is 21.6. The quantitative estimate of drug-likeness (QED) is 0.168. The topological polar surface area (TPSA) is 67.8 Å². The highest BCUT2D eigenvalue weighted by molar-refractivity contribution is 6.33. The van der Waals surface area contributed by atoms with Gasteiger partial charge in [0.2, 0.25) is 0 Å². The minimum atomic E-state index is -0.592. The normalized spacial score (nSPS) is 10.9. The Balaban J connectivity index is 1.63. The summed E-state index contributed by atoms with van der Waals surface area (Å²) in [6.07, 6.45) is 1.45. The molecule has 1 amide bonds. The van der Waals surface area contributed by atoms with Crippen molar-refractivity contribution in [3.05, 3.63) is 112 Å². The van der Waals surface area contributed by atoms with Crippen LogP contribution in [0.2, 0.25) is 10.0 Å². The Kier molecular flexibility index (Phi) is 6.50. The number of benzene rings is 4. The molecule has 0 saturated carbocycles. The van der Waals surface area contributed by atoms with Crippen molar-refractivity contribution in [1.29, 1.82) is 0 Å². The second kappa shape index (κ2) is 9.64. The fraction of sp³-hybridized carbons (Fsp3) is 0. The predicted octanol–water partition coefficient (Wildman–Crippen LogP) is 6.13. The molecule has 0 unspecified atom stereocenters. The zero-order valence-corrected chi connectivity index (χ0v) is 18.1. The zero-order valence-electron chi connectivity index (χ0n) is 16.6. The summed E-state index contributed by atoms with van der Waals surface area (Å²) in [5, 5.41) is 6.64. The van der Waals surface area contributed by atoms with Crippen molar-refractivity contribution in [2.45, 2.75) is 0 Å². The van der Waals surface area contributed by atoms with E-state index in [0.29, 0.717) is 21.2 Å². The van der Waals surface area contributed by atoms with Gasteiger partial charge < -0.3 is 4.74 Å². The molecule has 4 aromatic carbocycles. The third kappa shape index (κ3) is 4.80. The van der Waals surface area contributed by atoms with Crippen LogP contribution in [0.1, 0.15) is 26.3 Å². The minimum absolute atomic E-state index is 0.251. The third-order valence-electron chi connectivity index (χ3n) is 4.69. The van der Waals surface area contributed by atoms with Crippen LogP contribution in [0.5, 0.6) is 5.75 Å². The summed E-state index contributed by atoms with van der Waals surface area (Å²) in [5.41, 5.74) is 3.68. The molecule has 4 rings (SSSR count). The largest absolute Gasteiger partial charge is 0.422 e. The summed E-state index contributed by atoms with van der Waals surface area (Å²) in [5.74, 6) is -0.698. The number of hydrazone groups is 1. The first-order valence-corrected chi connectivity index (χ1v) is 10.4. The number of fused-ring (bicyclic) bond motifs is 1. The van der Waals surface area contributed by atoms with Crippen molar-refractivity contribution >= 4 is 52.1 Å². The van der Waals surface area contributed by atoms with Gasteiger partial charge in [0.15, 0.2) is 0 Å². The number of nitrogens with one attached hydrogen (secondary N) is 1. The summed E-state index contributed by atoms with van der Waals surface area (Å²) in [4.78, 5) is 25.0. The van der Waals surface area contributed by atoms with E-state index in [2.05, 4.69) is 10.5 Å². The molecule has 0 atom stereocenters. The maximum Gasteiger partial charge on any atom is 0.345 e. The highest BCUT2D eigenvalue weighted by Crippen LogP contribution is 2.28. The van der Waals surface area contributed by atoms with Crippen molar-refractivity contribution in [3.63, 3.8) is 0 Å². The predicted molar refractivity (Wildman–Crippen MR) is 127 cm³/mol. The molecule has 0 saturated heterocycles. The molecule has 1 N–H and O–H groups in total. The van der Waals surface area contributed by atoms with E-state index in [9.17, 15) is 9.59 Å². The van der Waals surface area contributed by atoms with E-state index in [1.807, 2.05) is 30.3 Å². The lowest BCUT2D eigenvalue weighted by molar-refractivity contribution is 0.0734. The molecule has 7 heteroatoms. The van der Waals surface area contributed by atoms with Crippen molar-refractivity contribution < 1.29 is 14.3 Å². The van der Waals surface area contributed by atoms with Gasteiger partial charge in [-0.05, 0) is 53.2 Å². The molecule has 0 aliphatic heterocycles. The lowest BCUT2D eigenvalue weighted by Gasteiger charge is -2.11. The second-order valence-corrected chi connectivity index (χ2v) is 7.62. The van der Waals surface area contributed by atoms with Crippen molar-refractivity contribution in [3.8, 4) is 5.75 Å². The summed E-state index contributed by atoms with van der Waals surface area (Å²) >= 11 is 12.0. The Bertz CT molecular complexity index is 1330. The second-order valence-electron chi connectivity index (χ2n) is 6.77. The summed E-state index contributed by atoms with van der Waals surface area (Å²) in [6, 6.07) is 24.2. The third-order valence-corrected chi connectivity index (χ3v) is 5.27. The van der Waals surface area contributed by atoms with Gasteiger partial charge in [-0.25, -0.2) is 10.2 Å². The maximum atomic E-state index is 12.7. The molecule has 0 radical (unpaired) electrons. The van der Waals surface area contributed by atoms with E-state index >= 15 is 0 Å². The molecular formula is C25H16Cl2N2O3. The standard InChI is InChI=1S/C25H16Cl2N2O3/c26-18-12-9-17(10-13-18)24(30)29-28-15-21-19-6-2-1-5-16(19)11-14-23(21)32-25(31)20-7-3-4-8-22(20)27/h1-15H,(H,29,30)/b28-15-. The molecule has 32 heavy (non-hydrogen) atoms. The number of carbonyl (C=O) groups excluding carboxylic acids is 2. The monoisotopic (exact) mass is 462 g/mol. The Morgan fingerprint density at radius 3 is 2.34 bits per heavy atom. The fourth-order valence-electron chi connectivity index (χ4n) is 3.10. The molecule has 158 valence electrons. The van der Waals surface area contributed by atoms with Gasteiger partial charge in [0.25, 0.3) is 5.91 Å². The lowest BCUT2D eigenvalue weighted by atomic mass is 10.0. The van der Waals surface area contributed by atoms with Gasteiger partial charge in [0, 0.05) is 16.1 Å². The van der Waals surface area contributed by atoms with Gasteiger partial charge in [-0.15, -0.1) is 0 Å². The van der Waals surface area contributed by atoms with E-state index in [0.717, 1.165) is 10.8 Å². The van der Waals surface area contributed by atoms with Crippen molar-refractivity contribution in [2.75, 3.05) is 0 Å². The van der Waals surface area contributed by atoms with Gasteiger partial charge >= 0.3 is 5.97 Å². The van der Waals surface area contributed by atoms with E-state index in [-0.39, 0.29) is 11.3 Å². The minimum Gasteiger partial charge on any atom is -0.422 e. The summed E-state index contributed by atoms with van der Waals surface area (Å²) in [6.45, 7) is 0. The van der Waals surface area contributed by atoms with E-state index < -0.39 is 11.9 Å². The molecule has 0 fully saturated rings. The van der Waals surface area contributed by atoms with Crippen LogP contribution in [0.4, 0.5) is 0 Å². The first-order chi connectivity index (χ1) is 15.5. The van der Waals surface area contributed by atoms with Crippen LogP contribution in [-0.4, -0.2) is 18.1 Å². The number of ether oxygens (including phenoxy) is 1. The maximum absolute atomic E-state index is 12.7. The number of hydrogen-bond acceptors (Lipinski definition) is 4. The highest BCUT2D eigenvalue weighted by atomic mass is 35.5. The van der Waals surface area contributed by atoms with Gasteiger partial charge in [-0.3, -0.25) is 4.79 Å². The van der Waals surface area contributed by atoms with Gasteiger partial charge in [-0.2, -0.15) is 5.10 Å². The Hall–Kier alpha value is -3.67. The number of esters is 1. The van der Waals surface area contributed by atoms with Crippen molar-refractivity contribution in [1.82, 2.24) is 5.43 Å². The highest BCUT2D eigenvalue weighted by Gasteiger charge is 2.16. The van der Waals surface area contributed by atoms with E-state index in [1.165, 1.54) is 6.21 Å².